The number of carbonyl (C=O) groups is 1. The van der Waals surface area contributed by atoms with Gasteiger partial charge in [-0.1, -0.05) is 19.1 Å². The molecule has 0 unspecified atom stereocenters. The van der Waals surface area contributed by atoms with Crippen LogP contribution in [0.5, 0.6) is 5.75 Å². The molecule has 2 aromatic rings. The molecule has 0 radical (unpaired) electrons. The van der Waals surface area contributed by atoms with Gasteiger partial charge in [-0.15, -0.1) is 0 Å². The predicted octanol–water partition coefficient (Wildman–Crippen LogP) is 3.76. The van der Waals surface area contributed by atoms with Crippen molar-refractivity contribution in [3.8, 4) is 5.75 Å². The molecule has 6 nitrogen and oxygen atoms in total. The Bertz CT molecular complexity index is 918. The smallest absolute Gasteiger partial charge is 0.259 e. The lowest BCUT2D eigenvalue weighted by molar-refractivity contribution is 0.102. The van der Waals surface area contributed by atoms with Crippen molar-refractivity contribution < 1.29 is 17.9 Å². The Morgan fingerprint density at radius 2 is 1.75 bits per heavy atom. The van der Waals surface area contributed by atoms with Crippen molar-refractivity contribution in [2.24, 2.45) is 5.92 Å². The molecule has 150 valence electrons. The summed E-state index contributed by atoms with van der Waals surface area (Å²) >= 11 is 0. The van der Waals surface area contributed by atoms with E-state index in [4.69, 9.17) is 4.74 Å². The van der Waals surface area contributed by atoms with Crippen LogP contribution in [0.2, 0.25) is 0 Å². The van der Waals surface area contributed by atoms with E-state index in [0.717, 1.165) is 12.8 Å². The van der Waals surface area contributed by atoms with Crippen molar-refractivity contribution in [1.82, 2.24) is 4.31 Å². The number of rotatable bonds is 6. The minimum Gasteiger partial charge on any atom is -0.493 e. The van der Waals surface area contributed by atoms with E-state index in [1.165, 1.54) is 12.1 Å². The summed E-state index contributed by atoms with van der Waals surface area (Å²) in [5, 5.41) is 2.79. The van der Waals surface area contributed by atoms with Gasteiger partial charge in [0.25, 0.3) is 5.91 Å². The number of anilines is 1. The van der Waals surface area contributed by atoms with Crippen molar-refractivity contribution in [2.75, 3.05) is 25.0 Å². The third-order valence-corrected chi connectivity index (χ3v) is 6.84. The fourth-order valence-corrected chi connectivity index (χ4v) is 4.69. The molecule has 2 aromatic carbocycles. The number of hydrogen-bond donors (Lipinski definition) is 1. The third-order valence-electron chi connectivity index (χ3n) is 4.92. The van der Waals surface area contributed by atoms with Crippen LogP contribution in [-0.2, 0) is 10.0 Å². The van der Waals surface area contributed by atoms with Crippen molar-refractivity contribution in [3.05, 3.63) is 54.1 Å². The monoisotopic (exact) mass is 402 g/mol. The molecule has 0 atom stereocenters. The second kappa shape index (κ2) is 8.75. The van der Waals surface area contributed by atoms with Crippen molar-refractivity contribution in [2.45, 2.75) is 31.6 Å². The standard InChI is InChI=1S/C21H26N2O4S/c1-3-27-20-7-5-4-6-19(20)21(24)22-17-8-10-18(11-9-17)28(25,26)23-14-12-16(2)13-15-23/h4-11,16H,3,12-15H2,1-2H3,(H,22,24). The van der Waals surface area contributed by atoms with Gasteiger partial charge in [0, 0.05) is 18.8 Å². The van der Waals surface area contributed by atoms with Crippen LogP contribution in [0.4, 0.5) is 5.69 Å². The van der Waals surface area contributed by atoms with Gasteiger partial charge in [0.1, 0.15) is 5.75 Å². The van der Waals surface area contributed by atoms with Gasteiger partial charge in [0.15, 0.2) is 0 Å². The van der Waals surface area contributed by atoms with E-state index < -0.39 is 10.0 Å². The van der Waals surface area contributed by atoms with Crippen molar-refractivity contribution >= 4 is 21.6 Å². The first-order valence-electron chi connectivity index (χ1n) is 9.55. The second-order valence-electron chi connectivity index (χ2n) is 6.99. The highest BCUT2D eigenvalue weighted by Crippen LogP contribution is 2.25. The summed E-state index contributed by atoms with van der Waals surface area (Å²) < 4.78 is 32.6. The summed E-state index contributed by atoms with van der Waals surface area (Å²) in [5.41, 5.74) is 0.964. The molecule has 0 spiro atoms. The number of amides is 1. The molecular formula is C21H26N2O4S. The van der Waals surface area contributed by atoms with Crippen LogP contribution >= 0.6 is 0 Å². The number of para-hydroxylation sites is 1. The molecule has 1 N–H and O–H groups in total. The lowest BCUT2D eigenvalue weighted by atomic mass is 10.0. The Morgan fingerprint density at radius 3 is 2.39 bits per heavy atom. The summed E-state index contributed by atoms with van der Waals surface area (Å²) in [5.74, 6) is 0.773. The number of benzene rings is 2. The quantitative estimate of drug-likeness (QED) is 0.798. The number of sulfonamides is 1. The second-order valence-corrected chi connectivity index (χ2v) is 8.93. The Morgan fingerprint density at radius 1 is 1.11 bits per heavy atom. The average molecular weight is 403 g/mol. The highest BCUT2D eigenvalue weighted by atomic mass is 32.2. The fourth-order valence-electron chi connectivity index (χ4n) is 3.22. The molecule has 0 bridgehead atoms. The van der Waals surface area contributed by atoms with E-state index in [2.05, 4.69) is 12.2 Å². The summed E-state index contributed by atoms with van der Waals surface area (Å²) in [6.07, 6.45) is 1.76. The first kappa shape index (κ1) is 20.4. The maximum Gasteiger partial charge on any atom is 0.259 e. The molecule has 1 fully saturated rings. The third kappa shape index (κ3) is 4.54. The first-order valence-corrected chi connectivity index (χ1v) is 11.0. The summed E-state index contributed by atoms with van der Waals surface area (Å²) in [6.45, 7) is 5.57. The Labute approximate surface area is 166 Å². The van der Waals surface area contributed by atoms with E-state index in [9.17, 15) is 13.2 Å². The normalized spacial score (nSPS) is 15.9. The number of carbonyl (C=O) groups excluding carboxylic acids is 1. The van der Waals surface area contributed by atoms with E-state index in [1.54, 1.807) is 34.6 Å². The summed E-state index contributed by atoms with van der Waals surface area (Å²) in [4.78, 5) is 12.8. The molecule has 1 heterocycles. The van der Waals surface area contributed by atoms with Crippen LogP contribution in [0.3, 0.4) is 0 Å². The number of nitrogens with one attached hydrogen (secondary N) is 1. The SMILES string of the molecule is CCOc1ccccc1C(=O)Nc1ccc(S(=O)(=O)N2CCC(C)CC2)cc1. The maximum atomic E-state index is 12.8. The van der Waals surface area contributed by atoms with Gasteiger partial charge in [0.2, 0.25) is 10.0 Å². The lowest BCUT2D eigenvalue weighted by Gasteiger charge is -2.29. The molecule has 28 heavy (non-hydrogen) atoms. The molecular weight excluding hydrogens is 376 g/mol. The molecule has 0 aliphatic carbocycles. The number of hydrogen-bond acceptors (Lipinski definition) is 4. The van der Waals surface area contributed by atoms with Gasteiger partial charge < -0.3 is 10.1 Å². The van der Waals surface area contributed by atoms with Gasteiger partial charge >= 0.3 is 0 Å². The zero-order valence-corrected chi connectivity index (χ0v) is 17.0. The minimum absolute atomic E-state index is 0.245. The van der Waals surface area contributed by atoms with Crippen LogP contribution in [0.1, 0.15) is 37.0 Å². The summed E-state index contributed by atoms with van der Waals surface area (Å²) in [7, 11) is -3.50. The van der Waals surface area contributed by atoms with E-state index in [-0.39, 0.29) is 10.8 Å². The molecule has 7 heteroatoms. The van der Waals surface area contributed by atoms with E-state index in [1.807, 2.05) is 13.0 Å². The topological polar surface area (TPSA) is 75.7 Å². The Balaban J connectivity index is 1.72. The zero-order chi connectivity index (χ0) is 20.1. The van der Waals surface area contributed by atoms with Gasteiger partial charge in [-0.25, -0.2) is 8.42 Å². The summed E-state index contributed by atoms with van der Waals surface area (Å²) in [6, 6.07) is 13.3. The van der Waals surface area contributed by atoms with Crippen molar-refractivity contribution in [3.63, 3.8) is 0 Å². The molecule has 0 aromatic heterocycles. The molecule has 1 aliphatic rings. The average Bonchev–Trinajstić information content (AvgIpc) is 2.69. The first-order chi connectivity index (χ1) is 13.4. The lowest BCUT2D eigenvalue weighted by Crippen LogP contribution is -2.37. The number of piperidine rings is 1. The Hall–Kier alpha value is -2.38. The van der Waals surface area contributed by atoms with Crippen LogP contribution in [0.25, 0.3) is 0 Å². The van der Waals surface area contributed by atoms with Crippen molar-refractivity contribution in [1.29, 1.82) is 0 Å². The zero-order valence-electron chi connectivity index (χ0n) is 16.2. The highest BCUT2D eigenvalue weighted by Gasteiger charge is 2.28. The molecule has 1 amide bonds. The van der Waals surface area contributed by atoms with Gasteiger partial charge in [-0.05, 0) is 62.1 Å². The van der Waals surface area contributed by atoms with E-state index >= 15 is 0 Å². The van der Waals surface area contributed by atoms with Gasteiger partial charge in [-0.3, -0.25) is 4.79 Å². The fraction of sp³-hybridized carbons (Fsp3) is 0.381. The van der Waals surface area contributed by atoms with Crippen LogP contribution in [0, 0.1) is 5.92 Å². The molecule has 0 saturated carbocycles. The molecule has 3 rings (SSSR count). The maximum absolute atomic E-state index is 12.8. The Kier molecular flexibility index (Phi) is 6.36. The molecule has 1 aliphatic heterocycles. The molecule has 1 saturated heterocycles. The van der Waals surface area contributed by atoms with Crippen LogP contribution in [0.15, 0.2) is 53.4 Å². The van der Waals surface area contributed by atoms with Crippen LogP contribution < -0.4 is 10.1 Å². The van der Waals surface area contributed by atoms with E-state index in [0.29, 0.717) is 42.6 Å². The minimum atomic E-state index is -3.50. The predicted molar refractivity (Wildman–Crippen MR) is 109 cm³/mol. The van der Waals surface area contributed by atoms with Crippen LogP contribution in [-0.4, -0.2) is 38.3 Å². The van der Waals surface area contributed by atoms with Gasteiger partial charge in [0.05, 0.1) is 17.1 Å². The largest absolute Gasteiger partial charge is 0.493 e. The number of nitrogens with zero attached hydrogens (tertiary/aromatic N) is 1. The van der Waals surface area contributed by atoms with Gasteiger partial charge in [-0.2, -0.15) is 4.31 Å². The highest BCUT2D eigenvalue weighted by molar-refractivity contribution is 7.89. The number of ether oxygens (including phenoxy) is 1.